The summed E-state index contributed by atoms with van der Waals surface area (Å²) in [6, 6.07) is 12.3. The molecule has 0 unspecified atom stereocenters. The van der Waals surface area contributed by atoms with E-state index in [0.717, 1.165) is 11.1 Å². The van der Waals surface area contributed by atoms with Crippen molar-refractivity contribution in [3.63, 3.8) is 0 Å². The Morgan fingerprint density at radius 3 is 2.50 bits per heavy atom. The Hall–Kier alpha value is -2.42. The maximum atomic E-state index is 9.89. The Morgan fingerprint density at radius 1 is 1.06 bits per heavy atom. The second kappa shape index (κ2) is 5.27. The lowest BCUT2D eigenvalue weighted by Gasteiger charge is -2.09. The number of phenols is 2. The van der Waals surface area contributed by atoms with E-state index in [1.807, 2.05) is 12.1 Å². The SMILES string of the molecule is C=CCNc1ccc(-c2cccc(O)c2)cc1O. The lowest BCUT2D eigenvalue weighted by atomic mass is 10.0. The average molecular weight is 241 g/mol. The third-order valence-electron chi connectivity index (χ3n) is 2.61. The zero-order valence-corrected chi connectivity index (χ0v) is 9.93. The van der Waals surface area contributed by atoms with Crippen molar-refractivity contribution >= 4 is 5.69 Å². The molecule has 3 nitrogen and oxygen atoms in total. The minimum Gasteiger partial charge on any atom is -0.508 e. The van der Waals surface area contributed by atoms with Gasteiger partial charge in [0.2, 0.25) is 0 Å². The monoisotopic (exact) mass is 241 g/mol. The van der Waals surface area contributed by atoms with E-state index in [9.17, 15) is 10.2 Å². The Bertz CT molecular complexity index is 564. The first-order chi connectivity index (χ1) is 8.70. The van der Waals surface area contributed by atoms with Gasteiger partial charge in [-0.1, -0.05) is 24.3 Å². The van der Waals surface area contributed by atoms with Gasteiger partial charge in [0.25, 0.3) is 0 Å². The summed E-state index contributed by atoms with van der Waals surface area (Å²) in [5, 5.41) is 22.4. The van der Waals surface area contributed by atoms with Crippen molar-refractivity contribution in [2.75, 3.05) is 11.9 Å². The van der Waals surface area contributed by atoms with Crippen LogP contribution >= 0.6 is 0 Å². The quantitative estimate of drug-likeness (QED) is 0.568. The lowest BCUT2D eigenvalue weighted by molar-refractivity contribution is 0.475. The Labute approximate surface area is 106 Å². The first kappa shape index (κ1) is 12.0. The number of hydrogen-bond acceptors (Lipinski definition) is 3. The molecule has 3 heteroatoms. The van der Waals surface area contributed by atoms with Gasteiger partial charge in [0.15, 0.2) is 0 Å². The summed E-state index contributed by atoms with van der Waals surface area (Å²) < 4.78 is 0. The van der Waals surface area contributed by atoms with Gasteiger partial charge in [-0.05, 0) is 35.4 Å². The van der Waals surface area contributed by atoms with Gasteiger partial charge < -0.3 is 15.5 Å². The summed E-state index contributed by atoms with van der Waals surface area (Å²) in [5.41, 5.74) is 2.38. The molecule has 0 saturated heterocycles. The molecule has 0 fully saturated rings. The lowest BCUT2D eigenvalue weighted by Crippen LogP contribution is -1.97. The van der Waals surface area contributed by atoms with E-state index in [1.165, 1.54) is 0 Å². The van der Waals surface area contributed by atoms with Crippen LogP contribution in [0.2, 0.25) is 0 Å². The van der Waals surface area contributed by atoms with Crippen LogP contribution in [0, 0.1) is 0 Å². The van der Waals surface area contributed by atoms with Gasteiger partial charge in [-0.3, -0.25) is 0 Å². The highest BCUT2D eigenvalue weighted by Gasteiger charge is 2.04. The topological polar surface area (TPSA) is 52.5 Å². The normalized spacial score (nSPS) is 10.0. The fourth-order valence-electron chi connectivity index (χ4n) is 1.73. The smallest absolute Gasteiger partial charge is 0.139 e. The van der Waals surface area contributed by atoms with Gasteiger partial charge in [0.05, 0.1) is 5.69 Å². The minimum absolute atomic E-state index is 0.178. The third-order valence-corrected chi connectivity index (χ3v) is 2.61. The average Bonchev–Trinajstić information content (AvgIpc) is 2.37. The van der Waals surface area contributed by atoms with E-state index in [4.69, 9.17) is 0 Å². The van der Waals surface area contributed by atoms with E-state index < -0.39 is 0 Å². The van der Waals surface area contributed by atoms with Gasteiger partial charge in [0.1, 0.15) is 11.5 Å². The molecule has 0 atom stereocenters. The number of anilines is 1. The van der Waals surface area contributed by atoms with Crippen molar-refractivity contribution in [3.05, 3.63) is 55.1 Å². The molecular weight excluding hydrogens is 226 g/mol. The van der Waals surface area contributed by atoms with E-state index >= 15 is 0 Å². The molecule has 0 heterocycles. The van der Waals surface area contributed by atoms with E-state index in [0.29, 0.717) is 12.2 Å². The molecule has 0 saturated carbocycles. The van der Waals surface area contributed by atoms with E-state index in [-0.39, 0.29) is 11.5 Å². The van der Waals surface area contributed by atoms with Crippen LogP contribution in [0.3, 0.4) is 0 Å². The van der Waals surface area contributed by atoms with Gasteiger partial charge >= 0.3 is 0 Å². The number of rotatable bonds is 4. The molecule has 92 valence electrons. The zero-order valence-electron chi connectivity index (χ0n) is 9.93. The van der Waals surface area contributed by atoms with Crippen LogP contribution in [0.15, 0.2) is 55.1 Å². The molecule has 0 radical (unpaired) electrons. The maximum Gasteiger partial charge on any atom is 0.139 e. The molecule has 0 bridgehead atoms. The molecule has 2 rings (SSSR count). The van der Waals surface area contributed by atoms with E-state index in [1.54, 1.807) is 36.4 Å². The van der Waals surface area contributed by atoms with Gasteiger partial charge in [-0.25, -0.2) is 0 Å². The molecule has 2 aromatic carbocycles. The molecule has 3 N–H and O–H groups in total. The number of nitrogens with one attached hydrogen (secondary N) is 1. The van der Waals surface area contributed by atoms with Crippen molar-refractivity contribution in [1.29, 1.82) is 0 Å². The number of phenolic OH excluding ortho intramolecular Hbond substituents is 2. The number of aromatic hydroxyl groups is 2. The highest BCUT2D eigenvalue weighted by molar-refractivity contribution is 5.71. The molecule has 0 amide bonds. The van der Waals surface area contributed by atoms with Crippen LogP contribution < -0.4 is 5.32 Å². The number of hydrogen-bond donors (Lipinski definition) is 3. The van der Waals surface area contributed by atoms with Crippen LogP contribution in [0.5, 0.6) is 11.5 Å². The predicted molar refractivity (Wildman–Crippen MR) is 73.9 cm³/mol. The third kappa shape index (κ3) is 2.63. The molecule has 0 aliphatic heterocycles. The summed E-state index contributed by atoms with van der Waals surface area (Å²) in [6.07, 6.45) is 1.72. The van der Waals surface area contributed by atoms with Crippen molar-refractivity contribution < 1.29 is 10.2 Å². The highest BCUT2D eigenvalue weighted by Crippen LogP contribution is 2.30. The largest absolute Gasteiger partial charge is 0.508 e. The number of benzene rings is 2. The summed E-state index contributed by atoms with van der Waals surface area (Å²) in [5.74, 6) is 0.388. The fraction of sp³-hybridized carbons (Fsp3) is 0.0667. The van der Waals surface area contributed by atoms with Crippen molar-refractivity contribution in [2.45, 2.75) is 0 Å². The molecular formula is C15H15NO2. The second-order valence-corrected chi connectivity index (χ2v) is 3.95. The fourth-order valence-corrected chi connectivity index (χ4v) is 1.73. The highest BCUT2D eigenvalue weighted by atomic mass is 16.3. The Kier molecular flexibility index (Phi) is 3.53. The van der Waals surface area contributed by atoms with Crippen LogP contribution in [0.25, 0.3) is 11.1 Å². The Balaban J connectivity index is 2.31. The minimum atomic E-state index is 0.178. The second-order valence-electron chi connectivity index (χ2n) is 3.95. The molecule has 0 spiro atoms. The molecule has 18 heavy (non-hydrogen) atoms. The van der Waals surface area contributed by atoms with Crippen molar-refractivity contribution in [2.24, 2.45) is 0 Å². The van der Waals surface area contributed by atoms with Crippen LogP contribution in [-0.2, 0) is 0 Å². The van der Waals surface area contributed by atoms with Crippen LogP contribution in [0.4, 0.5) is 5.69 Å². The standard InChI is InChI=1S/C15H15NO2/c1-2-8-16-14-7-6-12(10-15(14)18)11-4-3-5-13(17)9-11/h2-7,9-10,16-18H,1,8H2. The van der Waals surface area contributed by atoms with Gasteiger partial charge in [0, 0.05) is 6.54 Å². The van der Waals surface area contributed by atoms with Gasteiger partial charge in [-0.15, -0.1) is 6.58 Å². The molecule has 0 aromatic heterocycles. The first-order valence-corrected chi connectivity index (χ1v) is 5.68. The molecule has 0 aliphatic carbocycles. The predicted octanol–water partition coefficient (Wildman–Crippen LogP) is 3.36. The summed E-state index contributed by atoms with van der Waals surface area (Å²) >= 11 is 0. The maximum absolute atomic E-state index is 9.89. The first-order valence-electron chi connectivity index (χ1n) is 5.68. The van der Waals surface area contributed by atoms with Crippen molar-refractivity contribution in [1.82, 2.24) is 0 Å². The molecule has 2 aromatic rings. The van der Waals surface area contributed by atoms with Crippen LogP contribution in [-0.4, -0.2) is 16.8 Å². The summed E-state index contributed by atoms with van der Waals surface area (Å²) in [4.78, 5) is 0. The molecule has 0 aliphatic rings. The summed E-state index contributed by atoms with van der Waals surface area (Å²) in [7, 11) is 0. The Morgan fingerprint density at radius 2 is 1.83 bits per heavy atom. The van der Waals surface area contributed by atoms with Crippen LogP contribution in [0.1, 0.15) is 0 Å². The van der Waals surface area contributed by atoms with Gasteiger partial charge in [-0.2, -0.15) is 0 Å². The van der Waals surface area contributed by atoms with E-state index in [2.05, 4.69) is 11.9 Å². The van der Waals surface area contributed by atoms with Crippen molar-refractivity contribution in [3.8, 4) is 22.6 Å². The summed E-state index contributed by atoms with van der Waals surface area (Å²) in [6.45, 7) is 4.20. The zero-order chi connectivity index (χ0) is 13.0.